The van der Waals surface area contributed by atoms with Crippen LogP contribution in [0.5, 0.6) is 0 Å². The molecule has 0 saturated carbocycles. The molecule has 0 fully saturated rings. The van der Waals surface area contributed by atoms with Crippen molar-refractivity contribution in [3.05, 3.63) is 182 Å². The Morgan fingerprint density at radius 2 is 0.667 bits per heavy atom. The molecule has 0 aliphatic heterocycles. The van der Waals surface area contributed by atoms with Crippen LogP contribution >= 0.6 is 0 Å². The summed E-state index contributed by atoms with van der Waals surface area (Å²) in [6.07, 6.45) is 0. The average molecular weight is 831 g/mol. The van der Waals surface area contributed by atoms with Gasteiger partial charge in [-0.05, 0) is 41.5 Å². The predicted molar refractivity (Wildman–Crippen MR) is 273 cm³/mol. The molecule has 0 N–H and O–H groups in total. The van der Waals surface area contributed by atoms with Crippen LogP contribution < -0.4 is 27.3 Å². The van der Waals surface area contributed by atoms with E-state index >= 15 is 0 Å². The predicted octanol–water partition coefficient (Wildman–Crippen LogP) is 6.79. The molecule has 11 aromatic rings. The van der Waals surface area contributed by atoms with Crippen molar-refractivity contribution in [2.24, 2.45) is 0 Å². The SMILES string of the molecule is [B]c1c([B])c([B])c(-c2nc(-c3ccccc3)nc(-c3cc(-c4cccc(-c5nc(-c6ccccc6)nc(-c6ccccc6)n5)c4)ccc3-n3c4ccccc4c4ccccc43)n2)c([B])c1[B]. The highest BCUT2D eigenvalue weighted by atomic mass is 15.1. The van der Waals surface area contributed by atoms with Crippen LogP contribution in [0.15, 0.2) is 182 Å². The van der Waals surface area contributed by atoms with E-state index in [9.17, 15) is 0 Å². The van der Waals surface area contributed by atoms with Gasteiger partial charge < -0.3 is 4.57 Å². The van der Waals surface area contributed by atoms with Crippen molar-refractivity contribution in [1.29, 1.82) is 0 Å². The Balaban J connectivity index is 1.16. The third-order valence-electron chi connectivity index (χ3n) is 11.8. The molecule has 0 aliphatic rings. The molecule has 296 valence electrons. The molecular weight excluding hydrogens is 801 g/mol. The van der Waals surface area contributed by atoms with E-state index in [-0.39, 0.29) is 38.7 Å². The second kappa shape index (κ2) is 16.8. The van der Waals surface area contributed by atoms with E-state index in [0.717, 1.165) is 60.9 Å². The quantitative estimate of drug-likeness (QED) is 0.157. The summed E-state index contributed by atoms with van der Waals surface area (Å²) in [7, 11) is 32.5. The van der Waals surface area contributed by atoms with Gasteiger partial charge in [0.2, 0.25) is 0 Å². The molecule has 11 rings (SSSR count). The Hall–Kier alpha value is -8.10. The van der Waals surface area contributed by atoms with Crippen molar-refractivity contribution in [3.8, 4) is 85.1 Å². The van der Waals surface area contributed by atoms with E-state index < -0.39 is 0 Å². The molecule has 0 unspecified atom stereocenters. The van der Waals surface area contributed by atoms with Crippen LogP contribution in [0.2, 0.25) is 0 Å². The summed E-state index contributed by atoms with van der Waals surface area (Å²) in [5, 5.41) is 2.21. The Labute approximate surface area is 388 Å². The molecule has 7 nitrogen and oxygen atoms in total. The van der Waals surface area contributed by atoms with Gasteiger partial charge in [0.1, 0.15) is 39.2 Å². The first kappa shape index (κ1) is 40.7. The number of hydrogen-bond donors (Lipinski definition) is 0. The molecule has 8 aromatic carbocycles. The van der Waals surface area contributed by atoms with E-state index in [4.69, 9.17) is 69.1 Å². The Morgan fingerprint density at radius 3 is 1.20 bits per heavy atom. The van der Waals surface area contributed by atoms with Gasteiger partial charge >= 0.3 is 0 Å². The minimum Gasteiger partial charge on any atom is -0.309 e. The Bertz CT molecular complexity index is 3520. The van der Waals surface area contributed by atoms with Crippen LogP contribution in [0.1, 0.15) is 0 Å². The van der Waals surface area contributed by atoms with Gasteiger partial charge in [0.25, 0.3) is 0 Å². The summed E-state index contributed by atoms with van der Waals surface area (Å²) in [5.41, 5.74) is 9.50. The van der Waals surface area contributed by atoms with Crippen LogP contribution in [0.3, 0.4) is 0 Å². The van der Waals surface area contributed by atoms with Crippen LogP contribution in [-0.2, 0) is 0 Å². The lowest BCUT2D eigenvalue weighted by molar-refractivity contribution is 1.07. The van der Waals surface area contributed by atoms with Gasteiger partial charge in [-0.3, -0.25) is 0 Å². The maximum Gasteiger partial charge on any atom is 0.166 e. The third-order valence-corrected chi connectivity index (χ3v) is 11.8. The molecule has 0 saturated heterocycles. The van der Waals surface area contributed by atoms with Gasteiger partial charge in [-0.15, -0.1) is 16.4 Å². The third kappa shape index (κ3) is 7.21. The maximum atomic E-state index is 6.68. The number of aromatic nitrogens is 7. The van der Waals surface area contributed by atoms with Crippen molar-refractivity contribution in [2.45, 2.75) is 0 Å². The summed E-state index contributed by atoms with van der Waals surface area (Å²) in [4.78, 5) is 30.2. The molecule has 0 amide bonds. The van der Waals surface area contributed by atoms with Crippen LogP contribution in [0.25, 0.3) is 107 Å². The second-order valence-corrected chi connectivity index (χ2v) is 15.8. The highest BCUT2D eigenvalue weighted by Crippen LogP contribution is 2.39. The second-order valence-electron chi connectivity index (χ2n) is 15.8. The number of fused-ring (bicyclic) bond motifs is 3. The van der Waals surface area contributed by atoms with Gasteiger partial charge in [-0.25, -0.2) is 29.9 Å². The molecule has 3 aromatic heterocycles. The minimum absolute atomic E-state index is 0.0951. The standard InChI is InChI=1S/C54H30B5N7/c55-44-43(45(56)47(58)48(59)46(44)57)54-64-51(33-19-8-3-9-20-33)63-53(65-54)39-30-35(27-28-42(39)66-40-25-12-10-23-37(40)38-24-11-13-26-41(38)66)34-21-14-22-36(29-34)52-61-49(31-15-4-1-5-16-31)60-50(62-52)32-17-6-2-7-18-32/h1-30H. The monoisotopic (exact) mass is 831 g/mol. The largest absolute Gasteiger partial charge is 0.309 e. The lowest BCUT2D eigenvalue weighted by atomic mass is 9.60. The molecule has 66 heavy (non-hydrogen) atoms. The fraction of sp³-hybridized carbons (Fsp3) is 0. The Kier molecular flexibility index (Phi) is 10.3. The zero-order valence-corrected chi connectivity index (χ0v) is 35.3. The smallest absolute Gasteiger partial charge is 0.166 e. The summed E-state index contributed by atoms with van der Waals surface area (Å²) in [6.45, 7) is 0. The summed E-state index contributed by atoms with van der Waals surface area (Å²) >= 11 is 0. The van der Waals surface area contributed by atoms with Crippen molar-refractivity contribution in [2.75, 3.05) is 0 Å². The van der Waals surface area contributed by atoms with Crippen LogP contribution in [-0.4, -0.2) is 73.7 Å². The molecule has 0 aliphatic carbocycles. The lowest BCUT2D eigenvalue weighted by Gasteiger charge is -2.21. The highest BCUT2D eigenvalue weighted by molar-refractivity contribution is 6.68. The first-order chi connectivity index (χ1) is 32.3. The van der Waals surface area contributed by atoms with E-state index in [0.29, 0.717) is 34.7 Å². The number of rotatable bonds is 8. The van der Waals surface area contributed by atoms with Crippen molar-refractivity contribution >= 4 is 88.4 Å². The fourth-order valence-electron chi connectivity index (χ4n) is 8.46. The number of nitrogens with zero attached hydrogens (tertiary/aromatic N) is 7. The molecule has 0 bridgehead atoms. The highest BCUT2D eigenvalue weighted by Gasteiger charge is 2.23. The first-order valence-electron chi connectivity index (χ1n) is 21.2. The van der Waals surface area contributed by atoms with E-state index in [1.165, 1.54) is 0 Å². The molecule has 0 atom stereocenters. The molecule has 3 heterocycles. The van der Waals surface area contributed by atoms with E-state index in [1.54, 1.807) is 0 Å². The zero-order valence-electron chi connectivity index (χ0n) is 35.3. The molecule has 10 radical (unpaired) electrons. The van der Waals surface area contributed by atoms with Gasteiger partial charge in [-0.1, -0.05) is 163 Å². The summed E-state index contributed by atoms with van der Waals surface area (Å²) in [5.74, 6) is 2.63. The van der Waals surface area contributed by atoms with Gasteiger partial charge in [0, 0.05) is 44.2 Å². The molecular formula is C54H30B5N7. The maximum absolute atomic E-state index is 6.68. The van der Waals surface area contributed by atoms with E-state index in [2.05, 4.69) is 71.3 Å². The fourth-order valence-corrected chi connectivity index (χ4v) is 8.46. The van der Waals surface area contributed by atoms with Gasteiger partial charge in [-0.2, -0.15) is 0 Å². The first-order valence-corrected chi connectivity index (χ1v) is 21.2. The number of para-hydroxylation sites is 2. The molecule has 0 spiro atoms. The van der Waals surface area contributed by atoms with Gasteiger partial charge in [0.05, 0.1) is 16.7 Å². The Morgan fingerprint density at radius 1 is 0.288 bits per heavy atom. The van der Waals surface area contributed by atoms with Crippen molar-refractivity contribution < 1.29 is 0 Å². The average Bonchev–Trinajstić information content (AvgIpc) is 3.72. The van der Waals surface area contributed by atoms with Crippen LogP contribution in [0.4, 0.5) is 0 Å². The van der Waals surface area contributed by atoms with Crippen LogP contribution in [0, 0.1) is 0 Å². The number of hydrogen-bond acceptors (Lipinski definition) is 6. The summed E-state index contributed by atoms with van der Waals surface area (Å²) < 4.78 is 2.24. The topological polar surface area (TPSA) is 82.3 Å². The zero-order chi connectivity index (χ0) is 44.9. The van der Waals surface area contributed by atoms with E-state index in [1.807, 2.05) is 115 Å². The normalized spacial score (nSPS) is 11.3. The van der Waals surface area contributed by atoms with Gasteiger partial charge in [0.15, 0.2) is 34.9 Å². The molecule has 12 heteroatoms. The van der Waals surface area contributed by atoms with Crippen molar-refractivity contribution in [3.63, 3.8) is 0 Å². The van der Waals surface area contributed by atoms with Crippen molar-refractivity contribution in [1.82, 2.24) is 34.5 Å². The summed E-state index contributed by atoms with van der Waals surface area (Å²) in [6, 6.07) is 60.7. The number of benzene rings is 8. The minimum atomic E-state index is 0.0951. The lowest BCUT2D eigenvalue weighted by Crippen LogP contribution is -2.55.